The Morgan fingerprint density at radius 1 is 1.29 bits per heavy atom. The van der Waals surface area contributed by atoms with Crippen LogP contribution in [0.1, 0.15) is 26.3 Å². The van der Waals surface area contributed by atoms with Crippen molar-refractivity contribution in [1.82, 2.24) is 0 Å². The minimum Gasteiger partial charge on any atom is -0.491 e. The molecule has 0 saturated carbocycles. The monoisotopic (exact) mass is 272 g/mol. The molecular formula is C14H18Cl2O. The molecule has 1 rings (SSSR count). The lowest BCUT2D eigenvalue weighted by Crippen LogP contribution is -2.17. The summed E-state index contributed by atoms with van der Waals surface area (Å²) in [5.74, 6) is 0.714. The second-order valence-electron chi connectivity index (χ2n) is 5.22. The molecule has 0 amide bonds. The van der Waals surface area contributed by atoms with Crippen molar-refractivity contribution in [2.24, 2.45) is 5.41 Å². The number of halogens is 2. The van der Waals surface area contributed by atoms with E-state index in [2.05, 4.69) is 27.4 Å². The van der Waals surface area contributed by atoms with Gasteiger partial charge in [-0.15, -0.1) is 6.58 Å². The first-order valence-electron chi connectivity index (χ1n) is 5.55. The molecule has 0 N–H and O–H groups in total. The Bertz CT molecular complexity index is 405. The minimum absolute atomic E-state index is 0.0917. The molecule has 0 aliphatic carbocycles. The lowest BCUT2D eigenvalue weighted by atomic mass is 9.98. The van der Waals surface area contributed by atoms with Crippen molar-refractivity contribution in [3.8, 4) is 5.75 Å². The van der Waals surface area contributed by atoms with Crippen LogP contribution in [-0.4, -0.2) is 6.61 Å². The SMILES string of the molecule is C=CCc1cc(Cl)cc(Cl)c1OCC(C)(C)C. The first-order chi connectivity index (χ1) is 7.83. The molecule has 0 spiro atoms. The molecule has 0 unspecified atom stereocenters. The number of benzene rings is 1. The molecule has 1 nitrogen and oxygen atoms in total. The molecule has 94 valence electrons. The smallest absolute Gasteiger partial charge is 0.141 e. The normalized spacial score (nSPS) is 11.4. The molecule has 1 aromatic carbocycles. The third-order valence-electron chi connectivity index (χ3n) is 2.10. The van der Waals surface area contributed by atoms with Gasteiger partial charge in [-0.25, -0.2) is 0 Å². The summed E-state index contributed by atoms with van der Waals surface area (Å²) in [5.41, 5.74) is 1.07. The van der Waals surface area contributed by atoms with Crippen molar-refractivity contribution < 1.29 is 4.74 Å². The fraction of sp³-hybridized carbons (Fsp3) is 0.429. The van der Waals surface area contributed by atoms with E-state index in [-0.39, 0.29) is 5.41 Å². The predicted molar refractivity (Wildman–Crippen MR) is 75.3 cm³/mol. The lowest BCUT2D eigenvalue weighted by molar-refractivity contribution is 0.197. The van der Waals surface area contributed by atoms with Crippen LogP contribution in [0.2, 0.25) is 10.0 Å². The lowest BCUT2D eigenvalue weighted by Gasteiger charge is -2.21. The number of rotatable bonds is 4. The molecule has 0 bridgehead atoms. The van der Waals surface area contributed by atoms with Crippen molar-refractivity contribution in [1.29, 1.82) is 0 Å². The Morgan fingerprint density at radius 2 is 1.94 bits per heavy atom. The predicted octanol–water partition coefficient (Wildman–Crippen LogP) is 5.15. The van der Waals surface area contributed by atoms with E-state index in [0.29, 0.717) is 28.8 Å². The van der Waals surface area contributed by atoms with Gasteiger partial charge in [0.15, 0.2) is 0 Å². The van der Waals surface area contributed by atoms with Gasteiger partial charge in [0.05, 0.1) is 11.6 Å². The maximum Gasteiger partial charge on any atom is 0.141 e. The molecule has 0 aliphatic heterocycles. The molecule has 3 heteroatoms. The summed E-state index contributed by atoms with van der Waals surface area (Å²) in [4.78, 5) is 0. The Hall–Kier alpha value is -0.660. The van der Waals surface area contributed by atoms with Crippen LogP contribution in [0, 0.1) is 5.41 Å². The third kappa shape index (κ3) is 4.61. The van der Waals surface area contributed by atoms with Crippen molar-refractivity contribution in [2.45, 2.75) is 27.2 Å². The zero-order valence-electron chi connectivity index (χ0n) is 10.5. The van der Waals surface area contributed by atoms with E-state index < -0.39 is 0 Å². The largest absolute Gasteiger partial charge is 0.491 e. The van der Waals surface area contributed by atoms with Crippen LogP contribution in [0.15, 0.2) is 24.8 Å². The van der Waals surface area contributed by atoms with Gasteiger partial charge < -0.3 is 4.74 Å². The summed E-state index contributed by atoms with van der Waals surface area (Å²) in [6.07, 6.45) is 2.51. The van der Waals surface area contributed by atoms with Crippen LogP contribution in [-0.2, 0) is 6.42 Å². The van der Waals surface area contributed by atoms with E-state index in [1.54, 1.807) is 6.07 Å². The van der Waals surface area contributed by atoms with Crippen LogP contribution < -0.4 is 4.74 Å². The molecule has 0 fully saturated rings. The van der Waals surface area contributed by atoms with Gasteiger partial charge in [-0.3, -0.25) is 0 Å². The van der Waals surface area contributed by atoms with E-state index in [4.69, 9.17) is 27.9 Å². The van der Waals surface area contributed by atoms with Crippen LogP contribution in [0.4, 0.5) is 0 Å². The summed E-state index contributed by atoms with van der Waals surface area (Å²) >= 11 is 12.1. The highest BCUT2D eigenvalue weighted by atomic mass is 35.5. The molecule has 1 aromatic rings. The quantitative estimate of drug-likeness (QED) is 0.689. The average Bonchev–Trinajstić information content (AvgIpc) is 2.14. The van der Waals surface area contributed by atoms with E-state index in [1.165, 1.54) is 0 Å². The van der Waals surface area contributed by atoms with Crippen molar-refractivity contribution in [2.75, 3.05) is 6.61 Å². The van der Waals surface area contributed by atoms with Gasteiger partial charge in [0.2, 0.25) is 0 Å². The Labute approximate surface area is 113 Å². The average molecular weight is 273 g/mol. The van der Waals surface area contributed by atoms with E-state index in [0.717, 1.165) is 5.56 Å². The fourth-order valence-corrected chi connectivity index (χ4v) is 1.96. The minimum atomic E-state index is 0.0917. The van der Waals surface area contributed by atoms with Crippen molar-refractivity contribution in [3.05, 3.63) is 40.4 Å². The summed E-state index contributed by atoms with van der Waals surface area (Å²) in [5, 5.41) is 1.17. The zero-order chi connectivity index (χ0) is 13.1. The van der Waals surface area contributed by atoms with Crippen LogP contribution in [0.3, 0.4) is 0 Å². The maximum atomic E-state index is 6.16. The highest BCUT2D eigenvalue weighted by molar-refractivity contribution is 6.35. The van der Waals surface area contributed by atoms with Gasteiger partial charge in [-0.1, -0.05) is 50.0 Å². The molecule has 17 heavy (non-hydrogen) atoms. The summed E-state index contributed by atoms with van der Waals surface area (Å²) in [7, 11) is 0. The van der Waals surface area contributed by atoms with E-state index >= 15 is 0 Å². The fourth-order valence-electron chi connectivity index (χ4n) is 1.37. The Balaban J connectivity index is 2.99. The van der Waals surface area contributed by atoms with Crippen LogP contribution in [0.25, 0.3) is 0 Å². The molecule has 0 saturated heterocycles. The zero-order valence-corrected chi connectivity index (χ0v) is 12.0. The highest BCUT2D eigenvalue weighted by Gasteiger charge is 2.15. The Morgan fingerprint density at radius 3 is 2.47 bits per heavy atom. The third-order valence-corrected chi connectivity index (χ3v) is 2.60. The van der Waals surface area contributed by atoms with E-state index in [1.807, 2.05) is 12.1 Å². The van der Waals surface area contributed by atoms with Gasteiger partial charge in [0, 0.05) is 10.6 Å². The molecule has 0 aliphatic rings. The second kappa shape index (κ2) is 5.79. The number of hydrogen-bond donors (Lipinski definition) is 0. The van der Waals surface area contributed by atoms with Gasteiger partial charge in [0.25, 0.3) is 0 Å². The topological polar surface area (TPSA) is 9.23 Å². The van der Waals surface area contributed by atoms with Crippen LogP contribution >= 0.6 is 23.2 Å². The first kappa shape index (κ1) is 14.4. The van der Waals surface area contributed by atoms with Gasteiger partial charge >= 0.3 is 0 Å². The van der Waals surface area contributed by atoms with Crippen molar-refractivity contribution in [3.63, 3.8) is 0 Å². The highest BCUT2D eigenvalue weighted by Crippen LogP contribution is 2.34. The second-order valence-corrected chi connectivity index (χ2v) is 6.06. The summed E-state index contributed by atoms with van der Waals surface area (Å²) in [6.45, 7) is 10.7. The molecule has 0 atom stereocenters. The molecule has 0 aromatic heterocycles. The number of ether oxygens (including phenoxy) is 1. The molecule has 0 heterocycles. The van der Waals surface area contributed by atoms with Gasteiger partial charge in [0.1, 0.15) is 5.75 Å². The summed E-state index contributed by atoms with van der Waals surface area (Å²) in [6, 6.07) is 3.57. The number of allylic oxidation sites excluding steroid dienone is 1. The first-order valence-corrected chi connectivity index (χ1v) is 6.30. The maximum absolute atomic E-state index is 6.16. The van der Waals surface area contributed by atoms with E-state index in [9.17, 15) is 0 Å². The van der Waals surface area contributed by atoms with Gasteiger partial charge in [-0.2, -0.15) is 0 Å². The summed E-state index contributed by atoms with van der Waals surface area (Å²) < 4.78 is 5.80. The van der Waals surface area contributed by atoms with Crippen molar-refractivity contribution >= 4 is 23.2 Å². The molecule has 0 radical (unpaired) electrons. The molecular weight excluding hydrogens is 255 g/mol. The number of hydrogen-bond acceptors (Lipinski definition) is 1. The standard InChI is InChI=1S/C14H18Cl2O/c1-5-6-10-7-11(15)8-12(16)13(10)17-9-14(2,3)4/h5,7-8H,1,6,9H2,2-4H3. The van der Waals surface area contributed by atoms with Gasteiger partial charge in [-0.05, 0) is 24.0 Å². The van der Waals surface area contributed by atoms with Crippen LogP contribution in [0.5, 0.6) is 5.75 Å². The Kier molecular flexibility index (Phi) is 4.91.